The minimum atomic E-state index is 0. The third kappa shape index (κ3) is 6.99. The zero-order valence-electron chi connectivity index (χ0n) is 15.2. The second kappa shape index (κ2) is 11.5. The van der Waals surface area contributed by atoms with E-state index in [0.717, 1.165) is 45.0 Å². The minimum Gasteiger partial charge on any atom is -0.396 e. The number of ether oxygens (including phenoxy) is 1. The molecule has 0 aliphatic carbocycles. The van der Waals surface area contributed by atoms with E-state index in [1.54, 1.807) is 7.05 Å². The van der Waals surface area contributed by atoms with Gasteiger partial charge in [0.05, 0.1) is 6.61 Å². The van der Waals surface area contributed by atoms with Crippen LogP contribution in [0.25, 0.3) is 0 Å². The number of likely N-dealkylation sites (N-methyl/N-ethyl adjacent to an activating group) is 1. The molecule has 1 atom stereocenters. The number of nitrogens with one attached hydrogen (secondary N) is 2. The highest BCUT2D eigenvalue weighted by molar-refractivity contribution is 14.0. The van der Waals surface area contributed by atoms with E-state index in [-0.39, 0.29) is 36.0 Å². The first-order valence-electron chi connectivity index (χ1n) is 8.58. The van der Waals surface area contributed by atoms with E-state index in [0.29, 0.717) is 6.61 Å². The predicted octanol–water partition coefficient (Wildman–Crippen LogP) is 1.69. The van der Waals surface area contributed by atoms with Crippen LogP contribution in [0.4, 0.5) is 5.69 Å². The second-order valence-corrected chi connectivity index (χ2v) is 6.39. The standard InChI is InChI=1S/C18H30N4O2.HI/c1-19-17(21-14-18(8-12-23)9-13-24-15-18)20-10-11-22(2)16-6-4-3-5-7-16;/h3-7,23H,8-15H2,1-2H3,(H2,19,20,21);1H. The molecule has 142 valence electrons. The Labute approximate surface area is 168 Å². The van der Waals surface area contributed by atoms with E-state index in [2.05, 4.69) is 39.7 Å². The van der Waals surface area contributed by atoms with Gasteiger partial charge in [0, 0.05) is 58.0 Å². The number of rotatable bonds is 8. The summed E-state index contributed by atoms with van der Waals surface area (Å²) in [6.45, 7) is 4.12. The number of anilines is 1. The molecule has 0 spiro atoms. The number of benzene rings is 1. The lowest BCUT2D eigenvalue weighted by Crippen LogP contribution is -2.46. The fraction of sp³-hybridized carbons (Fsp3) is 0.611. The minimum absolute atomic E-state index is 0. The lowest BCUT2D eigenvalue weighted by Gasteiger charge is -2.28. The van der Waals surface area contributed by atoms with E-state index in [9.17, 15) is 5.11 Å². The summed E-state index contributed by atoms with van der Waals surface area (Å²) in [6.07, 6.45) is 1.74. The van der Waals surface area contributed by atoms with E-state index < -0.39 is 0 Å². The zero-order chi connectivity index (χ0) is 17.3. The van der Waals surface area contributed by atoms with Gasteiger partial charge in [0.15, 0.2) is 5.96 Å². The van der Waals surface area contributed by atoms with Gasteiger partial charge >= 0.3 is 0 Å². The van der Waals surface area contributed by atoms with Crippen LogP contribution >= 0.6 is 24.0 Å². The molecule has 3 N–H and O–H groups in total. The molecular formula is C18H31IN4O2. The molecule has 2 rings (SSSR count). The highest BCUT2D eigenvalue weighted by Gasteiger charge is 2.34. The van der Waals surface area contributed by atoms with Crippen LogP contribution in [-0.2, 0) is 4.74 Å². The van der Waals surface area contributed by atoms with Crippen LogP contribution in [0.5, 0.6) is 0 Å². The van der Waals surface area contributed by atoms with E-state index >= 15 is 0 Å². The largest absolute Gasteiger partial charge is 0.396 e. The number of aliphatic hydroxyl groups excluding tert-OH is 1. The van der Waals surface area contributed by atoms with Gasteiger partial charge in [-0.25, -0.2) is 0 Å². The fourth-order valence-electron chi connectivity index (χ4n) is 2.96. The molecule has 1 aromatic rings. The number of guanidine groups is 1. The third-order valence-electron chi connectivity index (χ3n) is 4.62. The van der Waals surface area contributed by atoms with Gasteiger partial charge in [-0.2, -0.15) is 0 Å². The molecule has 25 heavy (non-hydrogen) atoms. The average Bonchev–Trinajstić information content (AvgIpc) is 3.07. The van der Waals surface area contributed by atoms with Crippen LogP contribution in [-0.4, -0.2) is 64.6 Å². The Morgan fingerprint density at radius 2 is 2.08 bits per heavy atom. The van der Waals surface area contributed by atoms with Gasteiger partial charge in [-0.1, -0.05) is 18.2 Å². The van der Waals surface area contributed by atoms with Crippen molar-refractivity contribution in [1.82, 2.24) is 10.6 Å². The van der Waals surface area contributed by atoms with Gasteiger partial charge in [-0.15, -0.1) is 24.0 Å². The number of aliphatic hydroxyl groups is 1. The predicted molar refractivity (Wildman–Crippen MR) is 114 cm³/mol. The number of hydrogen-bond acceptors (Lipinski definition) is 4. The molecule has 0 bridgehead atoms. The molecule has 0 radical (unpaired) electrons. The lowest BCUT2D eigenvalue weighted by atomic mass is 9.84. The highest BCUT2D eigenvalue weighted by atomic mass is 127. The van der Waals surface area contributed by atoms with E-state index in [4.69, 9.17) is 4.74 Å². The third-order valence-corrected chi connectivity index (χ3v) is 4.62. The second-order valence-electron chi connectivity index (χ2n) is 6.39. The molecule has 1 fully saturated rings. The Bertz CT molecular complexity index is 507. The van der Waals surface area contributed by atoms with Crippen LogP contribution in [0, 0.1) is 5.41 Å². The molecule has 1 heterocycles. The van der Waals surface area contributed by atoms with Crippen LogP contribution in [0.1, 0.15) is 12.8 Å². The number of para-hydroxylation sites is 1. The van der Waals surface area contributed by atoms with Crippen molar-refractivity contribution in [3.8, 4) is 0 Å². The summed E-state index contributed by atoms with van der Waals surface area (Å²) >= 11 is 0. The molecule has 1 unspecified atom stereocenters. The van der Waals surface area contributed by atoms with Crippen LogP contribution < -0.4 is 15.5 Å². The maximum atomic E-state index is 9.29. The first-order chi connectivity index (χ1) is 11.7. The molecule has 0 amide bonds. The van der Waals surface area contributed by atoms with E-state index in [1.165, 1.54) is 5.69 Å². The molecular weight excluding hydrogens is 431 g/mol. The molecule has 7 heteroatoms. The topological polar surface area (TPSA) is 69.1 Å². The van der Waals surface area contributed by atoms with Crippen LogP contribution in [0.2, 0.25) is 0 Å². The maximum Gasteiger partial charge on any atom is 0.191 e. The molecule has 1 aliphatic heterocycles. The lowest BCUT2D eigenvalue weighted by molar-refractivity contribution is 0.127. The molecule has 1 saturated heterocycles. The monoisotopic (exact) mass is 462 g/mol. The van der Waals surface area contributed by atoms with Crippen molar-refractivity contribution >= 4 is 35.6 Å². The number of nitrogens with zero attached hydrogens (tertiary/aromatic N) is 2. The van der Waals surface area contributed by atoms with Crippen molar-refractivity contribution in [3.05, 3.63) is 30.3 Å². The normalized spacial score (nSPS) is 20.0. The fourth-order valence-corrected chi connectivity index (χ4v) is 2.96. The summed E-state index contributed by atoms with van der Waals surface area (Å²) in [5, 5.41) is 16.0. The summed E-state index contributed by atoms with van der Waals surface area (Å²) in [7, 11) is 3.86. The zero-order valence-corrected chi connectivity index (χ0v) is 17.5. The van der Waals surface area contributed by atoms with Crippen molar-refractivity contribution in [3.63, 3.8) is 0 Å². The summed E-state index contributed by atoms with van der Waals surface area (Å²) in [5.74, 6) is 0.792. The quantitative estimate of drug-likeness (QED) is 0.312. The van der Waals surface area contributed by atoms with Gasteiger partial charge < -0.3 is 25.4 Å². The van der Waals surface area contributed by atoms with E-state index in [1.807, 2.05) is 18.2 Å². The first-order valence-corrected chi connectivity index (χ1v) is 8.58. The van der Waals surface area contributed by atoms with Crippen molar-refractivity contribution in [1.29, 1.82) is 0 Å². The molecule has 0 saturated carbocycles. The Balaban J connectivity index is 0.00000312. The number of aliphatic imine (C=N–C) groups is 1. The SMILES string of the molecule is CN=C(NCCN(C)c1ccccc1)NCC1(CCO)CCOC1.I. The summed E-state index contributed by atoms with van der Waals surface area (Å²) in [5.41, 5.74) is 1.22. The van der Waals surface area contributed by atoms with Gasteiger partial charge in [0.1, 0.15) is 0 Å². The molecule has 0 aromatic heterocycles. The summed E-state index contributed by atoms with van der Waals surface area (Å²) in [6, 6.07) is 10.3. The average molecular weight is 462 g/mol. The van der Waals surface area contributed by atoms with Crippen molar-refractivity contribution in [2.75, 3.05) is 58.5 Å². The Kier molecular flexibility index (Phi) is 10.1. The smallest absolute Gasteiger partial charge is 0.191 e. The van der Waals surface area contributed by atoms with Crippen molar-refractivity contribution < 1.29 is 9.84 Å². The number of hydrogen-bond donors (Lipinski definition) is 3. The summed E-state index contributed by atoms with van der Waals surface area (Å²) < 4.78 is 5.52. The van der Waals surface area contributed by atoms with Crippen LogP contribution in [0.15, 0.2) is 35.3 Å². The summed E-state index contributed by atoms with van der Waals surface area (Å²) in [4.78, 5) is 6.49. The Hall–Kier alpha value is -1.06. The van der Waals surface area contributed by atoms with Crippen molar-refractivity contribution in [2.45, 2.75) is 12.8 Å². The van der Waals surface area contributed by atoms with Gasteiger partial charge in [0.25, 0.3) is 0 Å². The molecule has 6 nitrogen and oxygen atoms in total. The van der Waals surface area contributed by atoms with Crippen LogP contribution in [0.3, 0.4) is 0 Å². The molecule has 1 aliphatic rings. The Morgan fingerprint density at radius 1 is 1.32 bits per heavy atom. The maximum absolute atomic E-state index is 9.29. The number of halogens is 1. The van der Waals surface area contributed by atoms with Crippen molar-refractivity contribution in [2.24, 2.45) is 10.4 Å². The Morgan fingerprint density at radius 3 is 2.68 bits per heavy atom. The first kappa shape index (κ1) is 22.0. The van der Waals surface area contributed by atoms with Gasteiger partial charge in [-0.3, -0.25) is 4.99 Å². The van der Waals surface area contributed by atoms with Gasteiger partial charge in [-0.05, 0) is 25.0 Å². The molecule has 1 aromatic carbocycles. The van der Waals surface area contributed by atoms with Gasteiger partial charge in [0.2, 0.25) is 0 Å². The highest BCUT2D eigenvalue weighted by Crippen LogP contribution is 2.31.